The van der Waals surface area contributed by atoms with Crippen molar-refractivity contribution in [1.82, 2.24) is 5.32 Å². The van der Waals surface area contributed by atoms with E-state index in [1.807, 2.05) is 0 Å². The molecule has 1 aliphatic heterocycles. The predicted octanol–water partition coefficient (Wildman–Crippen LogP) is 0.437. The lowest BCUT2D eigenvalue weighted by Crippen LogP contribution is -2.29. The van der Waals surface area contributed by atoms with Gasteiger partial charge in [-0.1, -0.05) is 0 Å². The number of hydrogen-bond acceptors (Lipinski definition) is 4. The molecule has 0 aromatic carbocycles. The van der Waals surface area contributed by atoms with Crippen LogP contribution >= 0.6 is 0 Å². The summed E-state index contributed by atoms with van der Waals surface area (Å²) in [6.07, 6.45) is 4.24. The van der Waals surface area contributed by atoms with Gasteiger partial charge < -0.3 is 10.1 Å². The molecule has 90 valence electrons. The molecule has 1 aliphatic rings. The van der Waals surface area contributed by atoms with Crippen LogP contribution in [0.2, 0.25) is 0 Å². The third-order valence-corrected chi connectivity index (χ3v) is 3.67. The molecule has 0 spiro atoms. The minimum absolute atomic E-state index is 0.285. The van der Waals surface area contributed by atoms with E-state index in [1.54, 1.807) is 0 Å². The number of sulfone groups is 1. The molecule has 0 bridgehead atoms. The molecule has 0 aliphatic carbocycles. The molecular weight excluding hydrogens is 214 g/mol. The van der Waals surface area contributed by atoms with Crippen LogP contribution in [-0.2, 0) is 14.6 Å². The van der Waals surface area contributed by atoms with Crippen molar-refractivity contribution < 1.29 is 13.2 Å². The van der Waals surface area contributed by atoms with Gasteiger partial charge in [-0.15, -0.1) is 0 Å². The summed E-state index contributed by atoms with van der Waals surface area (Å²) in [7, 11) is -2.79. The van der Waals surface area contributed by atoms with Crippen LogP contribution in [0.4, 0.5) is 0 Å². The molecule has 1 heterocycles. The van der Waals surface area contributed by atoms with Crippen LogP contribution in [0.15, 0.2) is 0 Å². The number of hydrogen-bond donors (Lipinski definition) is 1. The van der Waals surface area contributed by atoms with Crippen molar-refractivity contribution in [1.29, 1.82) is 0 Å². The van der Waals surface area contributed by atoms with Gasteiger partial charge in [-0.3, -0.25) is 0 Å². The molecule has 1 rings (SSSR count). The predicted molar refractivity (Wildman–Crippen MR) is 60.7 cm³/mol. The molecule has 1 fully saturated rings. The van der Waals surface area contributed by atoms with Gasteiger partial charge in [0.05, 0.1) is 5.75 Å². The minimum Gasteiger partial charge on any atom is -0.381 e. The Bertz CT molecular complexity index is 258. The molecule has 1 saturated heterocycles. The number of nitrogens with one attached hydrogen (secondary N) is 1. The summed E-state index contributed by atoms with van der Waals surface area (Å²) in [6, 6.07) is 0. The third-order valence-electron chi connectivity index (χ3n) is 2.64. The van der Waals surface area contributed by atoms with E-state index in [9.17, 15) is 8.42 Å². The second kappa shape index (κ2) is 6.45. The summed E-state index contributed by atoms with van der Waals surface area (Å²) >= 11 is 0. The molecular formula is C10H21NO3S. The first kappa shape index (κ1) is 12.9. The Morgan fingerprint density at radius 2 is 2.00 bits per heavy atom. The first-order valence-corrected chi connectivity index (χ1v) is 7.60. The summed E-state index contributed by atoms with van der Waals surface area (Å²) in [5.74, 6) is 0.991. The molecule has 0 aromatic rings. The number of ether oxygens (including phenoxy) is 1. The highest BCUT2D eigenvalue weighted by Gasteiger charge is 2.12. The van der Waals surface area contributed by atoms with Gasteiger partial charge in [0, 0.05) is 19.5 Å². The van der Waals surface area contributed by atoms with Crippen LogP contribution in [0.5, 0.6) is 0 Å². The van der Waals surface area contributed by atoms with Gasteiger partial charge in [0.1, 0.15) is 9.84 Å². The largest absolute Gasteiger partial charge is 0.381 e. The fourth-order valence-corrected chi connectivity index (χ4v) is 2.38. The van der Waals surface area contributed by atoms with Gasteiger partial charge in [-0.2, -0.15) is 0 Å². The van der Waals surface area contributed by atoms with E-state index in [0.29, 0.717) is 12.3 Å². The normalized spacial score (nSPS) is 19.3. The lowest BCUT2D eigenvalue weighted by atomic mass is 10.0. The van der Waals surface area contributed by atoms with Crippen LogP contribution in [-0.4, -0.2) is 46.7 Å². The van der Waals surface area contributed by atoms with Crippen molar-refractivity contribution in [3.63, 3.8) is 0 Å². The van der Waals surface area contributed by atoms with Gasteiger partial charge in [-0.25, -0.2) is 8.42 Å². The van der Waals surface area contributed by atoms with Gasteiger partial charge in [0.15, 0.2) is 0 Å². The highest BCUT2D eigenvalue weighted by atomic mass is 32.2. The van der Waals surface area contributed by atoms with Crippen molar-refractivity contribution in [2.45, 2.75) is 19.3 Å². The van der Waals surface area contributed by atoms with Crippen molar-refractivity contribution >= 4 is 9.84 Å². The molecule has 0 saturated carbocycles. The third kappa shape index (κ3) is 6.87. The maximum absolute atomic E-state index is 10.9. The van der Waals surface area contributed by atoms with Crippen molar-refractivity contribution in [2.24, 2.45) is 5.92 Å². The van der Waals surface area contributed by atoms with E-state index in [-0.39, 0.29) is 5.75 Å². The topological polar surface area (TPSA) is 55.4 Å². The van der Waals surface area contributed by atoms with E-state index >= 15 is 0 Å². The van der Waals surface area contributed by atoms with Crippen LogP contribution in [0.25, 0.3) is 0 Å². The lowest BCUT2D eigenvalue weighted by Gasteiger charge is -2.22. The minimum atomic E-state index is -2.79. The summed E-state index contributed by atoms with van der Waals surface area (Å²) < 4.78 is 27.0. The second-order valence-electron chi connectivity index (χ2n) is 4.24. The Hall–Kier alpha value is -0.130. The molecule has 15 heavy (non-hydrogen) atoms. The zero-order chi connectivity index (χ0) is 11.1. The van der Waals surface area contributed by atoms with E-state index < -0.39 is 9.84 Å². The summed E-state index contributed by atoms with van der Waals surface area (Å²) in [5.41, 5.74) is 0. The monoisotopic (exact) mass is 235 g/mol. The maximum Gasteiger partial charge on any atom is 0.147 e. The molecule has 1 N–H and O–H groups in total. The zero-order valence-corrected chi connectivity index (χ0v) is 10.2. The zero-order valence-electron chi connectivity index (χ0n) is 9.37. The average molecular weight is 235 g/mol. The molecule has 4 nitrogen and oxygen atoms in total. The van der Waals surface area contributed by atoms with Gasteiger partial charge in [-0.05, 0) is 38.3 Å². The summed E-state index contributed by atoms with van der Waals surface area (Å²) in [5, 5.41) is 3.31. The van der Waals surface area contributed by atoms with Gasteiger partial charge in [0.2, 0.25) is 0 Å². The Labute approximate surface area is 92.3 Å². The van der Waals surface area contributed by atoms with Crippen LogP contribution in [0.1, 0.15) is 19.3 Å². The highest BCUT2D eigenvalue weighted by Crippen LogP contribution is 2.12. The van der Waals surface area contributed by atoms with E-state index in [2.05, 4.69) is 5.32 Å². The van der Waals surface area contributed by atoms with Crippen LogP contribution < -0.4 is 5.32 Å². The molecule has 0 unspecified atom stereocenters. The van der Waals surface area contributed by atoms with Crippen molar-refractivity contribution in [3.05, 3.63) is 0 Å². The highest BCUT2D eigenvalue weighted by molar-refractivity contribution is 7.90. The Morgan fingerprint density at radius 3 is 2.60 bits per heavy atom. The molecule has 5 heteroatoms. The second-order valence-corrected chi connectivity index (χ2v) is 6.50. The van der Waals surface area contributed by atoms with Crippen molar-refractivity contribution in [3.8, 4) is 0 Å². The Kier molecular flexibility index (Phi) is 5.56. The maximum atomic E-state index is 10.9. The molecule has 0 aromatic heterocycles. The van der Waals surface area contributed by atoms with E-state index in [1.165, 1.54) is 6.26 Å². The van der Waals surface area contributed by atoms with Crippen LogP contribution in [0, 0.1) is 5.92 Å². The Balaban J connectivity index is 1.96. The number of rotatable bonds is 6. The smallest absolute Gasteiger partial charge is 0.147 e. The van der Waals surface area contributed by atoms with E-state index in [0.717, 1.165) is 39.1 Å². The fraction of sp³-hybridized carbons (Fsp3) is 1.00. The average Bonchev–Trinajstić information content (AvgIpc) is 2.17. The van der Waals surface area contributed by atoms with E-state index in [4.69, 9.17) is 4.74 Å². The SMILES string of the molecule is CS(=O)(=O)CCCNCC1CCOCC1. The molecule has 0 amide bonds. The quantitative estimate of drug-likeness (QED) is 0.679. The molecule has 0 radical (unpaired) electrons. The lowest BCUT2D eigenvalue weighted by molar-refractivity contribution is 0.0664. The first-order chi connectivity index (χ1) is 7.08. The summed E-state index contributed by atoms with van der Waals surface area (Å²) in [4.78, 5) is 0. The summed E-state index contributed by atoms with van der Waals surface area (Å²) in [6.45, 7) is 3.53. The van der Waals surface area contributed by atoms with Gasteiger partial charge >= 0.3 is 0 Å². The van der Waals surface area contributed by atoms with Crippen molar-refractivity contribution in [2.75, 3.05) is 38.3 Å². The first-order valence-electron chi connectivity index (χ1n) is 5.54. The van der Waals surface area contributed by atoms with Gasteiger partial charge in [0.25, 0.3) is 0 Å². The van der Waals surface area contributed by atoms with Crippen LogP contribution in [0.3, 0.4) is 0 Å². The standard InChI is InChI=1S/C10H21NO3S/c1-15(12,13)8-2-5-11-9-10-3-6-14-7-4-10/h10-11H,2-9H2,1H3. The fourth-order valence-electron chi connectivity index (χ4n) is 1.72. The Morgan fingerprint density at radius 1 is 1.33 bits per heavy atom. The molecule has 0 atom stereocenters.